The number of ether oxygens (including phenoxy) is 1. The number of halogens is 2. The molecule has 0 bridgehead atoms. The summed E-state index contributed by atoms with van der Waals surface area (Å²) < 4.78 is 57.9. The van der Waals surface area contributed by atoms with Gasteiger partial charge in [-0.1, -0.05) is 12.6 Å². The summed E-state index contributed by atoms with van der Waals surface area (Å²) in [4.78, 5) is 28.7. The van der Waals surface area contributed by atoms with Crippen LogP contribution in [-0.2, 0) is 19.6 Å². The SMILES string of the molecule is C=CC(=O)NCC(=O)N1CCN(S(=O)(=O)c2cccc3c(OC(F)F)nccc23)[C@H](C)C1. The number of hydrogen-bond donors (Lipinski definition) is 1. The predicted octanol–water partition coefficient (Wildman–Crippen LogP) is 1.36. The lowest BCUT2D eigenvalue weighted by molar-refractivity contribution is -0.133. The van der Waals surface area contributed by atoms with Gasteiger partial charge in [0, 0.05) is 42.6 Å². The summed E-state index contributed by atoms with van der Waals surface area (Å²) in [6.45, 7) is 1.96. The summed E-state index contributed by atoms with van der Waals surface area (Å²) in [6, 6.07) is 5.15. The van der Waals surface area contributed by atoms with Crippen LogP contribution in [-0.4, -0.2) is 73.3 Å². The number of nitrogens with zero attached hydrogens (tertiary/aromatic N) is 3. The number of rotatable bonds is 7. The molecule has 1 atom stereocenters. The van der Waals surface area contributed by atoms with Gasteiger partial charge in [-0.3, -0.25) is 9.59 Å². The second kappa shape index (κ2) is 9.57. The van der Waals surface area contributed by atoms with Crippen LogP contribution in [0.1, 0.15) is 6.92 Å². The quantitative estimate of drug-likeness (QED) is 0.615. The Morgan fingerprint density at radius 1 is 1.31 bits per heavy atom. The Hall–Kier alpha value is -3.12. The number of hydrogen-bond acceptors (Lipinski definition) is 6. The number of fused-ring (bicyclic) bond motifs is 1. The molecule has 172 valence electrons. The van der Waals surface area contributed by atoms with Crippen LogP contribution in [0.4, 0.5) is 8.78 Å². The molecule has 1 saturated heterocycles. The molecule has 1 aromatic carbocycles. The number of nitrogens with one attached hydrogen (secondary N) is 1. The lowest BCUT2D eigenvalue weighted by Crippen LogP contribution is -2.56. The second-order valence-corrected chi connectivity index (χ2v) is 8.93. The van der Waals surface area contributed by atoms with Crippen LogP contribution in [0.5, 0.6) is 5.88 Å². The van der Waals surface area contributed by atoms with Crippen LogP contribution in [0.15, 0.2) is 48.0 Å². The molecule has 2 amide bonds. The third-order valence-electron chi connectivity index (χ3n) is 5.04. The molecule has 3 rings (SSSR count). The molecule has 1 fully saturated rings. The van der Waals surface area contributed by atoms with E-state index in [1.807, 2.05) is 0 Å². The van der Waals surface area contributed by atoms with Crippen molar-refractivity contribution in [3.8, 4) is 5.88 Å². The van der Waals surface area contributed by atoms with Crippen molar-refractivity contribution in [2.75, 3.05) is 26.2 Å². The van der Waals surface area contributed by atoms with E-state index in [1.165, 1.54) is 39.7 Å². The van der Waals surface area contributed by atoms with Gasteiger partial charge in [-0.15, -0.1) is 0 Å². The Labute approximate surface area is 183 Å². The lowest BCUT2D eigenvalue weighted by Gasteiger charge is -2.39. The minimum Gasteiger partial charge on any atom is -0.416 e. The fraction of sp³-hybridized carbons (Fsp3) is 0.350. The number of aromatic nitrogens is 1. The molecule has 9 nitrogen and oxygen atoms in total. The summed E-state index contributed by atoms with van der Waals surface area (Å²) in [5, 5.41) is 2.75. The molecule has 0 radical (unpaired) electrons. The fourth-order valence-corrected chi connectivity index (χ4v) is 5.37. The highest BCUT2D eigenvalue weighted by molar-refractivity contribution is 7.89. The number of carbonyl (C=O) groups is 2. The minimum atomic E-state index is -4.02. The number of sulfonamides is 1. The van der Waals surface area contributed by atoms with E-state index in [-0.39, 0.29) is 53.6 Å². The Morgan fingerprint density at radius 2 is 2.06 bits per heavy atom. The number of amides is 2. The minimum absolute atomic E-state index is 0.0342. The molecule has 0 spiro atoms. The molecule has 1 N–H and O–H groups in total. The zero-order valence-corrected chi connectivity index (χ0v) is 18.0. The van der Waals surface area contributed by atoms with Crippen molar-refractivity contribution in [2.45, 2.75) is 24.5 Å². The van der Waals surface area contributed by atoms with Gasteiger partial charge >= 0.3 is 6.61 Å². The average Bonchev–Trinajstić information content (AvgIpc) is 2.76. The van der Waals surface area contributed by atoms with E-state index < -0.39 is 28.6 Å². The number of benzene rings is 1. The van der Waals surface area contributed by atoms with Crippen LogP contribution < -0.4 is 10.1 Å². The van der Waals surface area contributed by atoms with Gasteiger partial charge in [-0.05, 0) is 31.2 Å². The average molecular weight is 468 g/mol. The lowest BCUT2D eigenvalue weighted by atomic mass is 10.2. The van der Waals surface area contributed by atoms with Crippen LogP contribution in [0.25, 0.3) is 10.8 Å². The Balaban J connectivity index is 1.83. The normalized spacial score (nSPS) is 17.4. The first kappa shape index (κ1) is 23.5. The van der Waals surface area contributed by atoms with E-state index in [9.17, 15) is 26.8 Å². The number of alkyl halides is 2. The van der Waals surface area contributed by atoms with Gasteiger partial charge in [-0.25, -0.2) is 13.4 Å². The van der Waals surface area contributed by atoms with Crippen LogP contribution in [0, 0.1) is 0 Å². The Bertz CT molecular complexity index is 1140. The van der Waals surface area contributed by atoms with E-state index in [4.69, 9.17) is 0 Å². The number of piperazine rings is 1. The maximum Gasteiger partial charge on any atom is 0.388 e. The predicted molar refractivity (Wildman–Crippen MR) is 112 cm³/mol. The van der Waals surface area contributed by atoms with E-state index in [1.54, 1.807) is 6.92 Å². The van der Waals surface area contributed by atoms with E-state index in [0.717, 1.165) is 6.08 Å². The van der Waals surface area contributed by atoms with Gasteiger partial charge in [0.15, 0.2) is 0 Å². The van der Waals surface area contributed by atoms with Crippen molar-refractivity contribution in [3.05, 3.63) is 43.1 Å². The molecular formula is C20H22F2N4O5S. The largest absolute Gasteiger partial charge is 0.416 e. The summed E-state index contributed by atoms with van der Waals surface area (Å²) >= 11 is 0. The monoisotopic (exact) mass is 468 g/mol. The summed E-state index contributed by atoms with van der Waals surface area (Å²) in [5.41, 5.74) is 0. The van der Waals surface area contributed by atoms with Gasteiger partial charge in [0.25, 0.3) is 0 Å². The van der Waals surface area contributed by atoms with Crippen molar-refractivity contribution in [3.63, 3.8) is 0 Å². The molecular weight excluding hydrogens is 446 g/mol. The molecule has 12 heteroatoms. The topological polar surface area (TPSA) is 109 Å². The van der Waals surface area contributed by atoms with Gasteiger partial charge < -0.3 is 15.0 Å². The summed E-state index contributed by atoms with van der Waals surface area (Å²) in [7, 11) is -4.02. The van der Waals surface area contributed by atoms with Gasteiger partial charge in [-0.2, -0.15) is 13.1 Å². The first-order valence-corrected chi connectivity index (χ1v) is 11.1. The third-order valence-corrected chi connectivity index (χ3v) is 7.11. The third kappa shape index (κ3) is 4.86. The number of pyridine rings is 1. The van der Waals surface area contributed by atoms with Crippen molar-refractivity contribution < 1.29 is 31.5 Å². The van der Waals surface area contributed by atoms with Crippen LogP contribution in [0.3, 0.4) is 0 Å². The number of carbonyl (C=O) groups excluding carboxylic acids is 2. The van der Waals surface area contributed by atoms with Crippen molar-refractivity contribution in [1.82, 2.24) is 19.5 Å². The summed E-state index contributed by atoms with van der Waals surface area (Å²) in [6.07, 6.45) is 2.26. The first-order valence-electron chi connectivity index (χ1n) is 9.67. The fourth-order valence-electron chi connectivity index (χ4n) is 3.55. The Kier molecular flexibility index (Phi) is 7.04. The molecule has 0 saturated carbocycles. The zero-order valence-electron chi connectivity index (χ0n) is 17.2. The molecule has 32 heavy (non-hydrogen) atoms. The molecule has 1 aromatic heterocycles. The zero-order chi connectivity index (χ0) is 23.5. The molecule has 0 aliphatic carbocycles. The van der Waals surface area contributed by atoms with E-state index >= 15 is 0 Å². The van der Waals surface area contributed by atoms with Crippen LogP contribution in [0.2, 0.25) is 0 Å². The highest BCUT2D eigenvalue weighted by Crippen LogP contribution is 2.32. The molecule has 1 aliphatic rings. The summed E-state index contributed by atoms with van der Waals surface area (Å²) in [5.74, 6) is -1.18. The van der Waals surface area contributed by atoms with Crippen molar-refractivity contribution in [2.24, 2.45) is 0 Å². The van der Waals surface area contributed by atoms with Crippen molar-refractivity contribution in [1.29, 1.82) is 0 Å². The Morgan fingerprint density at radius 3 is 2.72 bits per heavy atom. The van der Waals surface area contributed by atoms with Gasteiger partial charge in [0.2, 0.25) is 27.7 Å². The highest BCUT2D eigenvalue weighted by Gasteiger charge is 2.36. The maximum absolute atomic E-state index is 13.4. The molecule has 2 heterocycles. The van der Waals surface area contributed by atoms with E-state index in [2.05, 4.69) is 21.6 Å². The van der Waals surface area contributed by atoms with Gasteiger partial charge in [0.1, 0.15) is 0 Å². The second-order valence-electron chi connectivity index (χ2n) is 7.07. The van der Waals surface area contributed by atoms with Gasteiger partial charge in [0.05, 0.1) is 11.4 Å². The standard InChI is InChI=1S/C20H22F2N4O5S/c1-3-17(27)24-11-18(28)25-9-10-26(13(2)12-25)32(29,30)16-6-4-5-15-14(16)7-8-23-19(15)31-20(21)22/h3-8,13,20H,1,9-12H2,2H3,(H,24,27)/t13-/m1/s1. The smallest absolute Gasteiger partial charge is 0.388 e. The van der Waals surface area contributed by atoms with Crippen LogP contribution >= 0.6 is 0 Å². The molecule has 0 unspecified atom stereocenters. The first-order chi connectivity index (χ1) is 15.1. The van der Waals surface area contributed by atoms with E-state index in [0.29, 0.717) is 0 Å². The highest BCUT2D eigenvalue weighted by atomic mass is 32.2. The maximum atomic E-state index is 13.4. The molecule has 1 aliphatic heterocycles. The van der Waals surface area contributed by atoms with Crippen molar-refractivity contribution >= 4 is 32.6 Å². The molecule has 2 aromatic rings.